The van der Waals surface area contributed by atoms with E-state index >= 15 is 0 Å². The van der Waals surface area contributed by atoms with Crippen LogP contribution in [0.5, 0.6) is 0 Å². The molecule has 1 fully saturated rings. The fourth-order valence-electron chi connectivity index (χ4n) is 4.32. The molecule has 4 heterocycles. The van der Waals surface area contributed by atoms with E-state index in [1.165, 1.54) is 0 Å². The largest absolute Gasteiger partial charge is 0.444 e. The van der Waals surface area contributed by atoms with Gasteiger partial charge in [0.2, 0.25) is 0 Å². The quantitative estimate of drug-likeness (QED) is 0.374. The second-order valence-corrected chi connectivity index (χ2v) is 10.0. The van der Waals surface area contributed by atoms with E-state index in [4.69, 9.17) is 4.74 Å². The van der Waals surface area contributed by atoms with Crippen molar-refractivity contribution in [3.63, 3.8) is 0 Å². The molecule has 0 bridgehead atoms. The number of ether oxygens (including phenoxy) is 1. The predicted octanol–water partition coefficient (Wildman–Crippen LogP) is 5.64. The summed E-state index contributed by atoms with van der Waals surface area (Å²) in [7, 11) is 0. The number of carbonyl (C=O) groups excluding carboxylic acids is 1. The fourth-order valence-corrected chi connectivity index (χ4v) is 4.32. The van der Waals surface area contributed by atoms with Crippen LogP contribution in [0.4, 0.5) is 4.79 Å². The molecule has 1 aromatic carbocycles. The van der Waals surface area contributed by atoms with E-state index in [1.807, 2.05) is 80.7 Å². The Labute approximate surface area is 211 Å². The van der Waals surface area contributed by atoms with Crippen molar-refractivity contribution < 1.29 is 9.53 Å². The summed E-state index contributed by atoms with van der Waals surface area (Å²) in [5, 5.41) is 4.59. The van der Waals surface area contributed by atoms with Crippen LogP contribution in [0.3, 0.4) is 0 Å². The van der Waals surface area contributed by atoms with E-state index < -0.39 is 5.60 Å². The number of hydrogen-bond acceptors (Lipinski definition) is 6. The highest BCUT2D eigenvalue weighted by Gasteiger charge is 2.28. The summed E-state index contributed by atoms with van der Waals surface area (Å²) in [6.45, 7) is 6.98. The number of likely N-dealkylation sites (tertiary alicyclic amines) is 1. The molecule has 36 heavy (non-hydrogen) atoms. The Morgan fingerprint density at radius 1 is 0.889 bits per heavy atom. The van der Waals surface area contributed by atoms with Gasteiger partial charge in [-0.1, -0.05) is 24.3 Å². The number of nitrogens with zero attached hydrogens (tertiary/aromatic N) is 6. The standard InChI is InChI=1S/C28H30N6O2/c1-28(2,3)36-27(35)33-12-9-25(10-13-33)34-19-24(18-32-34)23-16-30-26(31-17-23)21-7-4-6-20(14-21)22-8-5-11-29-15-22/h4-8,11,14-19,25H,9-10,12-13H2,1-3H3. The van der Waals surface area contributed by atoms with Crippen LogP contribution in [-0.4, -0.2) is 54.4 Å². The van der Waals surface area contributed by atoms with Gasteiger partial charge in [-0.05, 0) is 51.3 Å². The summed E-state index contributed by atoms with van der Waals surface area (Å²) in [6, 6.07) is 12.4. The molecule has 8 nitrogen and oxygen atoms in total. The minimum atomic E-state index is -0.482. The lowest BCUT2D eigenvalue weighted by atomic mass is 10.0. The molecule has 5 rings (SSSR count). The van der Waals surface area contributed by atoms with Gasteiger partial charge in [0.25, 0.3) is 0 Å². The Morgan fingerprint density at radius 2 is 1.61 bits per heavy atom. The van der Waals surface area contributed by atoms with Crippen molar-refractivity contribution in [1.29, 1.82) is 0 Å². The summed E-state index contributed by atoms with van der Waals surface area (Å²) in [5.74, 6) is 0.673. The zero-order valence-electron chi connectivity index (χ0n) is 20.8. The zero-order valence-corrected chi connectivity index (χ0v) is 20.8. The van der Waals surface area contributed by atoms with Gasteiger partial charge in [-0.25, -0.2) is 14.8 Å². The average Bonchev–Trinajstić information content (AvgIpc) is 3.39. The van der Waals surface area contributed by atoms with Gasteiger partial charge in [0.15, 0.2) is 5.82 Å². The van der Waals surface area contributed by atoms with Crippen LogP contribution in [0.1, 0.15) is 39.7 Å². The van der Waals surface area contributed by atoms with E-state index in [9.17, 15) is 4.79 Å². The van der Waals surface area contributed by atoms with Crippen LogP contribution < -0.4 is 0 Å². The number of piperidine rings is 1. The predicted molar refractivity (Wildman–Crippen MR) is 138 cm³/mol. The molecule has 0 saturated carbocycles. The maximum atomic E-state index is 12.3. The van der Waals surface area contributed by atoms with Gasteiger partial charge < -0.3 is 9.64 Å². The molecule has 8 heteroatoms. The monoisotopic (exact) mass is 482 g/mol. The molecule has 1 aliphatic heterocycles. The van der Waals surface area contributed by atoms with Crippen molar-refractivity contribution in [2.45, 2.75) is 45.3 Å². The summed E-state index contributed by atoms with van der Waals surface area (Å²) in [4.78, 5) is 27.6. The third kappa shape index (κ3) is 5.43. The Morgan fingerprint density at radius 3 is 2.31 bits per heavy atom. The Hall–Kier alpha value is -4.07. The van der Waals surface area contributed by atoms with Gasteiger partial charge in [0.1, 0.15) is 5.60 Å². The zero-order chi connectivity index (χ0) is 25.1. The second-order valence-electron chi connectivity index (χ2n) is 10.0. The van der Waals surface area contributed by atoms with Crippen molar-refractivity contribution in [2.24, 2.45) is 0 Å². The molecule has 0 atom stereocenters. The normalized spacial score (nSPS) is 14.6. The third-order valence-corrected chi connectivity index (χ3v) is 6.19. The number of carbonyl (C=O) groups is 1. The average molecular weight is 483 g/mol. The molecular formula is C28H30N6O2. The topological polar surface area (TPSA) is 86.0 Å². The molecule has 1 saturated heterocycles. The number of pyridine rings is 1. The van der Waals surface area contributed by atoms with Gasteiger partial charge in [-0.2, -0.15) is 5.10 Å². The number of rotatable bonds is 4. The number of hydrogen-bond donors (Lipinski definition) is 0. The minimum Gasteiger partial charge on any atom is -0.444 e. The van der Waals surface area contributed by atoms with Crippen LogP contribution in [0.15, 0.2) is 73.6 Å². The summed E-state index contributed by atoms with van der Waals surface area (Å²) < 4.78 is 7.49. The molecule has 0 aliphatic carbocycles. The van der Waals surface area contributed by atoms with Crippen LogP contribution in [0, 0.1) is 0 Å². The molecule has 0 radical (unpaired) electrons. The van der Waals surface area contributed by atoms with Gasteiger partial charge in [-0.15, -0.1) is 0 Å². The van der Waals surface area contributed by atoms with Crippen LogP contribution in [0.25, 0.3) is 33.6 Å². The summed E-state index contributed by atoms with van der Waals surface area (Å²) in [6.07, 6.45) is 12.6. The highest BCUT2D eigenvalue weighted by molar-refractivity contribution is 5.70. The van der Waals surface area contributed by atoms with Crippen LogP contribution >= 0.6 is 0 Å². The molecule has 184 valence electrons. The third-order valence-electron chi connectivity index (χ3n) is 6.19. The first-order valence-electron chi connectivity index (χ1n) is 12.2. The first-order chi connectivity index (χ1) is 17.4. The highest BCUT2D eigenvalue weighted by Crippen LogP contribution is 2.27. The molecule has 1 amide bonds. The molecule has 0 spiro atoms. The van der Waals surface area contributed by atoms with Gasteiger partial charge in [0.05, 0.1) is 12.2 Å². The molecule has 1 aliphatic rings. The summed E-state index contributed by atoms with van der Waals surface area (Å²) >= 11 is 0. The van der Waals surface area contributed by atoms with E-state index in [0.717, 1.165) is 40.7 Å². The molecule has 0 unspecified atom stereocenters. The van der Waals surface area contributed by atoms with Crippen molar-refractivity contribution in [2.75, 3.05) is 13.1 Å². The van der Waals surface area contributed by atoms with E-state index in [0.29, 0.717) is 18.9 Å². The van der Waals surface area contributed by atoms with Crippen molar-refractivity contribution in [3.05, 3.63) is 73.6 Å². The second kappa shape index (κ2) is 9.89. The molecule has 4 aromatic rings. The highest BCUT2D eigenvalue weighted by atomic mass is 16.6. The van der Waals surface area contributed by atoms with Gasteiger partial charge in [0, 0.05) is 66.3 Å². The van der Waals surface area contributed by atoms with Crippen LogP contribution in [-0.2, 0) is 4.74 Å². The van der Waals surface area contributed by atoms with Crippen molar-refractivity contribution in [3.8, 4) is 33.6 Å². The van der Waals surface area contributed by atoms with Gasteiger partial charge in [-0.3, -0.25) is 9.67 Å². The van der Waals surface area contributed by atoms with Crippen LogP contribution in [0.2, 0.25) is 0 Å². The SMILES string of the molecule is CC(C)(C)OC(=O)N1CCC(n2cc(-c3cnc(-c4cccc(-c5cccnc5)c4)nc3)cn2)CC1. The van der Waals surface area contributed by atoms with E-state index in [2.05, 4.69) is 32.2 Å². The first kappa shape index (κ1) is 23.7. The molecular weight excluding hydrogens is 452 g/mol. The summed E-state index contributed by atoms with van der Waals surface area (Å²) in [5.41, 5.74) is 4.49. The fraction of sp³-hybridized carbons (Fsp3) is 0.321. The number of aromatic nitrogens is 5. The Kier molecular flexibility index (Phi) is 6.50. The maximum absolute atomic E-state index is 12.3. The lowest BCUT2D eigenvalue weighted by Crippen LogP contribution is -2.42. The Balaban J connectivity index is 1.24. The molecule has 3 aromatic heterocycles. The minimum absolute atomic E-state index is 0.243. The van der Waals surface area contributed by atoms with E-state index in [1.54, 1.807) is 11.1 Å². The molecule has 0 N–H and O–H groups in total. The first-order valence-corrected chi connectivity index (χ1v) is 12.2. The van der Waals surface area contributed by atoms with Gasteiger partial charge >= 0.3 is 6.09 Å². The lowest BCUT2D eigenvalue weighted by molar-refractivity contribution is 0.0185. The smallest absolute Gasteiger partial charge is 0.410 e. The van der Waals surface area contributed by atoms with Crippen molar-refractivity contribution >= 4 is 6.09 Å². The van der Waals surface area contributed by atoms with Crippen molar-refractivity contribution in [1.82, 2.24) is 29.6 Å². The Bertz CT molecular complexity index is 1320. The number of benzene rings is 1. The maximum Gasteiger partial charge on any atom is 0.410 e. The number of amides is 1. The lowest BCUT2D eigenvalue weighted by Gasteiger charge is -2.33. The van der Waals surface area contributed by atoms with E-state index in [-0.39, 0.29) is 12.1 Å².